The standard InChI is InChI=1S/C17H13NO3/c19-16(20)9-11-6-7-13-10-15(18-14(13)8-11)17(21)12-4-2-1-3-5-12/h1-8,10,18H,9H2,(H,19,20). The highest BCUT2D eigenvalue weighted by molar-refractivity contribution is 6.10. The maximum Gasteiger partial charge on any atom is 0.307 e. The van der Waals surface area contributed by atoms with E-state index in [1.807, 2.05) is 24.3 Å². The molecule has 0 aliphatic rings. The lowest BCUT2D eigenvalue weighted by Crippen LogP contribution is -2.01. The van der Waals surface area contributed by atoms with Gasteiger partial charge in [0.1, 0.15) is 0 Å². The zero-order chi connectivity index (χ0) is 14.8. The molecule has 0 fully saturated rings. The Hall–Kier alpha value is -2.88. The van der Waals surface area contributed by atoms with Crippen molar-refractivity contribution >= 4 is 22.7 Å². The summed E-state index contributed by atoms with van der Waals surface area (Å²) >= 11 is 0. The van der Waals surface area contributed by atoms with Gasteiger partial charge in [0.25, 0.3) is 0 Å². The predicted octanol–water partition coefficient (Wildman–Crippen LogP) is 3.03. The van der Waals surface area contributed by atoms with Crippen LogP contribution in [0.3, 0.4) is 0 Å². The normalized spacial score (nSPS) is 10.7. The van der Waals surface area contributed by atoms with E-state index in [9.17, 15) is 9.59 Å². The number of hydrogen-bond donors (Lipinski definition) is 2. The number of carboxylic acids is 1. The van der Waals surface area contributed by atoms with Crippen LogP contribution in [-0.2, 0) is 11.2 Å². The summed E-state index contributed by atoms with van der Waals surface area (Å²) in [5.74, 6) is -0.951. The number of rotatable bonds is 4. The lowest BCUT2D eigenvalue weighted by atomic mass is 10.1. The van der Waals surface area contributed by atoms with Crippen LogP contribution in [0.1, 0.15) is 21.6 Å². The van der Waals surface area contributed by atoms with Crippen LogP contribution in [0.2, 0.25) is 0 Å². The first kappa shape index (κ1) is 13.1. The zero-order valence-corrected chi connectivity index (χ0v) is 11.2. The first-order chi connectivity index (χ1) is 10.1. The van der Waals surface area contributed by atoms with Crippen LogP contribution < -0.4 is 0 Å². The Balaban J connectivity index is 1.97. The van der Waals surface area contributed by atoms with Gasteiger partial charge in [-0.15, -0.1) is 0 Å². The lowest BCUT2D eigenvalue weighted by Gasteiger charge is -1.97. The average molecular weight is 279 g/mol. The largest absolute Gasteiger partial charge is 0.481 e. The first-order valence-electron chi connectivity index (χ1n) is 6.57. The van der Waals surface area contributed by atoms with Gasteiger partial charge in [0.15, 0.2) is 0 Å². The van der Waals surface area contributed by atoms with Gasteiger partial charge >= 0.3 is 5.97 Å². The summed E-state index contributed by atoms with van der Waals surface area (Å²) in [4.78, 5) is 26.2. The van der Waals surface area contributed by atoms with Crippen molar-refractivity contribution in [3.63, 3.8) is 0 Å². The summed E-state index contributed by atoms with van der Waals surface area (Å²) in [7, 11) is 0. The van der Waals surface area contributed by atoms with Crippen molar-refractivity contribution in [3.8, 4) is 0 Å². The van der Waals surface area contributed by atoms with Crippen molar-refractivity contribution in [2.45, 2.75) is 6.42 Å². The van der Waals surface area contributed by atoms with Gasteiger partial charge in [-0.2, -0.15) is 0 Å². The van der Waals surface area contributed by atoms with Gasteiger partial charge in [0.05, 0.1) is 12.1 Å². The third kappa shape index (κ3) is 2.69. The van der Waals surface area contributed by atoms with E-state index in [-0.39, 0.29) is 12.2 Å². The Morgan fingerprint density at radius 2 is 1.76 bits per heavy atom. The van der Waals surface area contributed by atoms with E-state index >= 15 is 0 Å². The van der Waals surface area contributed by atoms with E-state index in [0.29, 0.717) is 16.8 Å². The van der Waals surface area contributed by atoms with Crippen molar-refractivity contribution in [3.05, 3.63) is 71.4 Å². The molecule has 0 spiro atoms. The van der Waals surface area contributed by atoms with E-state index in [1.165, 1.54) is 0 Å². The number of aromatic nitrogens is 1. The minimum atomic E-state index is -0.874. The summed E-state index contributed by atoms with van der Waals surface area (Å²) < 4.78 is 0. The summed E-state index contributed by atoms with van der Waals surface area (Å²) in [5.41, 5.74) is 2.60. The molecule has 4 heteroatoms. The smallest absolute Gasteiger partial charge is 0.307 e. The number of benzene rings is 2. The quantitative estimate of drug-likeness (QED) is 0.721. The van der Waals surface area contributed by atoms with Gasteiger partial charge in [-0.1, -0.05) is 42.5 Å². The van der Waals surface area contributed by atoms with Crippen LogP contribution in [0, 0.1) is 0 Å². The molecule has 0 atom stereocenters. The fraction of sp³-hybridized carbons (Fsp3) is 0.0588. The molecule has 21 heavy (non-hydrogen) atoms. The number of ketones is 1. The molecule has 0 saturated heterocycles. The number of aromatic amines is 1. The fourth-order valence-electron chi connectivity index (χ4n) is 2.33. The van der Waals surface area contributed by atoms with Crippen LogP contribution in [0.25, 0.3) is 10.9 Å². The van der Waals surface area contributed by atoms with Crippen LogP contribution in [0.15, 0.2) is 54.6 Å². The Bertz CT molecular complexity index is 818. The Labute approximate surface area is 121 Å². The highest BCUT2D eigenvalue weighted by atomic mass is 16.4. The van der Waals surface area contributed by atoms with Crippen molar-refractivity contribution in [1.82, 2.24) is 4.98 Å². The van der Waals surface area contributed by atoms with Crippen molar-refractivity contribution in [2.75, 3.05) is 0 Å². The highest BCUT2D eigenvalue weighted by Crippen LogP contribution is 2.19. The second-order valence-corrected chi connectivity index (χ2v) is 4.87. The van der Waals surface area contributed by atoms with Gasteiger partial charge in [0, 0.05) is 16.5 Å². The van der Waals surface area contributed by atoms with Crippen molar-refractivity contribution in [1.29, 1.82) is 0 Å². The minimum absolute atomic E-state index is 0.0308. The van der Waals surface area contributed by atoms with Gasteiger partial charge in [-0.05, 0) is 17.7 Å². The number of carbonyl (C=O) groups is 2. The van der Waals surface area contributed by atoms with E-state index in [2.05, 4.69) is 4.98 Å². The summed E-state index contributed by atoms with van der Waals surface area (Å²) in [6.45, 7) is 0. The molecule has 1 heterocycles. The SMILES string of the molecule is O=C(O)Cc1ccc2cc(C(=O)c3ccccc3)[nH]c2c1. The van der Waals surface area contributed by atoms with E-state index in [4.69, 9.17) is 5.11 Å². The maximum atomic E-state index is 12.4. The van der Waals surface area contributed by atoms with Crippen LogP contribution >= 0.6 is 0 Å². The number of hydrogen-bond acceptors (Lipinski definition) is 2. The maximum absolute atomic E-state index is 12.4. The summed E-state index contributed by atoms with van der Waals surface area (Å²) in [6.07, 6.45) is -0.0308. The van der Waals surface area contributed by atoms with Crippen molar-refractivity contribution < 1.29 is 14.7 Å². The Morgan fingerprint density at radius 3 is 2.48 bits per heavy atom. The molecule has 0 aliphatic heterocycles. The topological polar surface area (TPSA) is 70.2 Å². The molecule has 0 bridgehead atoms. The first-order valence-corrected chi connectivity index (χ1v) is 6.57. The second kappa shape index (κ2) is 5.25. The molecule has 0 saturated carbocycles. The van der Waals surface area contributed by atoms with Gasteiger partial charge < -0.3 is 10.1 Å². The molecule has 0 unspecified atom stereocenters. The molecule has 104 valence electrons. The predicted molar refractivity (Wildman–Crippen MR) is 79.5 cm³/mol. The molecule has 4 nitrogen and oxygen atoms in total. The molecule has 2 N–H and O–H groups in total. The molecule has 0 aliphatic carbocycles. The lowest BCUT2D eigenvalue weighted by molar-refractivity contribution is -0.136. The molecule has 0 radical (unpaired) electrons. The third-order valence-corrected chi connectivity index (χ3v) is 3.32. The third-order valence-electron chi connectivity index (χ3n) is 3.32. The summed E-state index contributed by atoms with van der Waals surface area (Å²) in [6, 6.07) is 16.2. The number of fused-ring (bicyclic) bond motifs is 1. The number of carboxylic acid groups (broad SMARTS) is 1. The summed E-state index contributed by atoms with van der Waals surface area (Å²) in [5, 5.41) is 9.71. The number of aliphatic carboxylic acids is 1. The van der Waals surface area contributed by atoms with Crippen LogP contribution in [-0.4, -0.2) is 21.8 Å². The highest BCUT2D eigenvalue weighted by Gasteiger charge is 2.12. The zero-order valence-electron chi connectivity index (χ0n) is 11.2. The number of H-pyrrole nitrogens is 1. The van der Waals surface area contributed by atoms with E-state index in [0.717, 1.165) is 10.9 Å². The Kier molecular flexibility index (Phi) is 3.28. The molecule has 3 aromatic rings. The van der Waals surface area contributed by atoms with E-state index < -0.39 is 5.97 Å². The molecular weight excluding hydrogens is 266 g/mol. The van der Waals surface area contributed by atoms with Crippen LogP contribution in [0.5, 0.6) is 0 Å². The monoisotopic (exact) mass is 279 g/mol. The number of carbonyl (C=O) groups excluding carboxylic acids is 1. The average Bonchev–Trinajstić information content (AvgIpc) is 2.90. The molecule has 3 rings (SSSR count). The molecule has 0 amide bonds. The van der Waals surface area contributed by atoms with Crippen LogP contribution in [0.4, 0.5) is 0 Å². The van der Waals surface area contributed by atoms with Gasteiger partial charge in [0.2, 0.25) is 5.78 Å². The second-order valence-electron chi connectivity index (χ2n) is 4.87. The molecule has 1 aromatic heterocycles. The fourth-order valence-corrected chi connectivity index (χ4v) is 2.33. The number of nitrogens with one attached hydrogen (secondary N) is 1. The van der Waals surface area contributed by atoms with Gasteiger partial charge in [-0.3, -0.25) is 9.59 Å². The van der Waals surface area contributed by atoms with E-state index in [1.54, 1.807) is 30.3 Å². The molecule has 2 aromatic carbocycles. The minimum Gasteiger partial charge on any atom is -0.481 e. The van der Waals surface area contributed by atoms with Crippen molar-refractivity contribution in [2.24, 2.45) is 0 Å². The van der Waals surface area contributed by atoms with Gasteiger partial charge in [-0.25, -0.2) is 0 Å². The molecular formula is C17H13NO3. The Morgan fingerprint density at radius 1 is 1.00 bits per heavy atom.